The molecule has 0 radical (unpaired) electrons. The average molecular weight is 368 g/mol. The fraction of sp³-hybridized carbons (Fsp3) is 0.600. The lowest BCUT2D eigenvalue weighted by atomic mass is 9.95. The van der Waals surface area contributed by atoms with Gasteiger partial charge in [-0.1, -0.05) is 0 Å². The van der Waals surface area contributed by atoms with E-state index >= 15 is 0 Å². The Labute approximate surface area is 145 Å². The average Bonchev–Trinajstić information content (AvgIpc) is 2.93. The Bertz CT molecular complexity index is 757. The molecule has 0 spiro atoms. The largest absolute Gasteiger partial charge is 0.357 e. The fourth-order valence-electron chi connectivity index (χ4n) is 3.27. The molecule has 0 unspecified atom stereocenters. The van der Waals surface area contributed by atoms with Gasteiger partial charge in [0, 0.05) is 31.1 Å². The molecule has 1 amide bonds. The van der Waals surface area contributed by atoms with E-state index in [9.17, 15) is 23.3 Å². The van der Waals surface area contributed by atoms with E-state index in [0.29, 0.717) is 38.2 Å². The highest BCUT2D eigenvalue weighted by Gasteiger charge is 2.32. The Morgan fingerprint density at radius 3 is 2.52 bits per heavy atom. The van der Waals surface area contributed by atoms with Crippen molar-refractivity contribution in [2.24, 2.45) is 5.92 Å². The number of aromatic nitrogens is 1. The highest BCUT2D eigenvalue weighted by Crippen LogP contribution is 2.24. The van der Waals surface area contributed by atoms with Crippen LogP contribution in [0.15, 0.2) is 18.3 Å². The number of carbonyl (C=O) groups excluding carboxylic acids is 1. The normalized spacial score (nSPS) is 23.4. The van der Waals surface area contributed by atoms with Gasteiger partial charge in [-0.3, -0.25) is 14.9 Å². The van der Waals surface area contributed by atoms with Gasteiger partial charge in [0.15, 0.2) is 9.84 Å². The van der Waals surface area contributed by atoms with Gasteiger partial charge in [-0.25, -0.2) is 13.4 Å². The molecule has 10 heteroatoms. The molecule has 1 N–H and O–H groups in total. The quantitative estimate of drug-likeness (QED) is 0.607. The molecule has 2 aliphatic heterocycles. The van der Waals surface area contributed by atoms with E-state index in [2.05, 4.69) is 10.3 Å². The number of sulfone groups is 1. The first kappa shape index (κ1) is 17.6. The van der Waals surface area contributed by atoms with Crippen LogP contribution in [0.4, 0.5) is 11.5 Å². The van der Waals surface area contributed by atoms with Crippen molar-refractivity contribution >= 4 is 27.2 Å². The zero-order chi connectivity index (χ0) is 18.0. The zero-order valence-electron chi connectivity index (χ0n) is 13.6. The maximum absolute atomic E-state index is 12.3. The highest BCUT2D eigenvalue weighted by molar-refractivity contribution is 7.91. The Hall–Kier alpha value is -2.23. The minimum Gasteiger partial charge on any atom is -0.357 e. The van der Waals surface area contributed by atoms with E-state index in [1.807, 2.05) is 4.90 Å². The van der Waals surface area contributed by atoms with Crippen molar-refractivity contribution < 1.29 is 18.1 Å². The maximum Gasteiger partial charge on any atom is 0.287 e. The molecule has 1 aromatic rings. The molecule has 0 saturated carbocycles. The molecule has 2 saturated heterocycles. The van der Waals surface area contributed by atoms with Gasteiger partial charge >= 0.3 is 0 Å². The van der Waals surface area contributed by atoms with E-state index in [1.54, 1.807) is 6.07 Å². The van der Waals surface area contributed by atoms with Crippen molar-refractivity contribution in [3.8, 4) is 0 Å². The minimum atomic E-state index is -3.01. The molecule has 0 aliphatic carbocycles. The smallest absolute Gasteiger partial charge is 0.287 e. The van der Waals surface area contributed by atoms with Gasteiger partial charge in [-0.15, -0.1) is 0 Å². The Balaban J connectivity index is 1.51. The summed E-state index contributed by atoms with van der Waals surface area (Å²) in [6.45, 7) is 1.26. The minimum absolute atomic E-state index is 0.0320. The summed E-state index contributed by atoms with van der Waals surface area (Å²) in [6, 6.07) is 2.76. The lowest BCUT2D eigenvalue weighted by Gasteiger charge is -2.32. The number of rotatable bonds is 4. The van der Waals surface area contributed by atoms with Crippen LogP contribution in [0.1, 0.15) is 19.3 Å². The standard InChI is InChI=1S/C15H20N4O5S/c20-15(17-12-5-8-25(23,24)10-12)11-3-6-18(7-4-11)14-2-1-13(9-16-14)19(21)22/h1-2,9,11-12H,3-8,10H2,(H,17,20)/t12-/m1/s1. The molecule has 0 aromatic carbocycles. The summed E-state index contributed by atoms with van der Waals surface area (Å²) in [7, 11) is -3.01. The first-order valence-corrected chi connectivity index (χ1v) is 10.0. The molecule has 3 heterocycles. The van der Waals surface area contributed by atoms with E-state index in [4.69, 9.17) is 0 Å². The molecular weight excluding hydrogens is 348 g/mol. The molecule has 136 valence electrons. The van der Waals surface area contributed by atoms with E-state index in [0.717, 1.165) is 0 Å². The second-order valence-corrected chi connectivity index (χ2v) is 8.73. The fourth-order valence-corrected chi connectivity index (χ4v) is 4.95. The van der Waals surface area contributed by atoms with Crippen LogP contribution in [0.2, 0.25) is 0 Å². The van der Waals surface area contributed by atoms with Crippen molar-refractivity contribution in [1.82, 2.24) is 10.3 Å². The zero-order valence-corrected chi connectivity index (χ0v) is 14.4. The third kappa shape index (κ3) is 4.25. The summed E-state index contributed by atoms with van der Waals surface area (Å²) in [5, 5.41) is 13.5. The predicted octanol–water partition coefficient (Wildman–Crippen LogP) is 0.510. The van der Waals surface area contributed by atoms with E-state index < -0.39 is 14.8 Å². The number of pyridine rings is 1. The number of carbonyl (C=O) groups is 1. The van der Waals surface area contributed by atoms with Crippen LogP contribution in [0, 0.1) is 16.0 Å². The van der Waals surface area contributed by atoms with Gasteiger partial charge in [0.05, 0.1) is 16.4 Å². The predicted molar refractivity (Wildman–Crippen MR) is 91.0 cm³/mol. The number of hydrogen-bond donors (Lipinski definition) is 1. The lowest BCUT2D eigenvalue weighted by Crippen LogP contribution is -2.44. The Morgan fingerprint density at radius 1 is 1.28 bits per heavy atom. The van der Waals surface area contributed by atoms with Crippen molar-refractivity contribution in [3.63, 3.8) is 0 Å². The number of nitro groups is 1. The van der Waals surface area contributed by atoms with Gasteiger partial charge < -0.3 is 10.2 Å². The molecule has 1 atom stereocenters. The summed E-state index contributed by atoms with van der Waals surface area (Å²) in [6.07, 6.45) is 3.00. The first-order valence-electron chi connectivity index (χ1n) is 8.20. The first-order chi connectivity index (χ1) is 11.8. The van der Waals surface area contributed by atoms with E-state index in [1.165, 1.54) is 12.3 Å². The molecule has 2 fully saturated rings. The van der Waals surface area contributed by atoms with Crippen molar-refractivity contribution in [1.29, 1.82) is 0 Å². The summed E-state index contributed by atoms with van der Waals surface area (Å²) < 4.78 is 22.9. The van der Waals surface area contributed by atoms with Crippen molar-refractivity contribution in [2.45, 2.75) is 25.3 Å². The second-order valence-electron chi connectivity index (χ2n) is 6.50. The number of anilines is 1. The Morgan fingerprint density at radius 2 is 2.00 bits per heavy atom. The van der Waals surface area contributed by atoms with Gasteiger partial charge in [0.25, 0.3) is 5.69 Å². The summed E-state index contributed by atoms with van der Waals surface area (Å²) >= 11 is 0. The summed E-state index contributed by atoms with van der Waals surface area (Å²) in [4.78, 5) is 28.6. The van der Waals surface area contributed by atoms with E-state index in [-0.39, 0.29) is 35.1 Å². The van der Waals surface area contributed by atoms with Crippen LogP contribution < -0.4 is 10.2 Å². The van der Waals surface area contributed by atoms with Crippen LogP contribution in [-0.2, 0) is 14.6 Å². The molecule has 2 aliphatic rings. The third-order valence-corrected chi connectivity index (χ3v) is 6.48. The van der Waals surface area contributed by atoms with Gasteiger partial charge in [0.2, 0.25) is 5.91 Å². The van der Waals surface area contributed by atoms with Crippen molar-refractivity contribution in [2.75, 3.05) is 29.5 Å². The van der Waals surface area contributed by atoms with Gasteiger partial charge in [0.1, 0.15) is 12.0 Å². The van der Waals surface area contributed by atoms with Crippen LogP contribution in [-0.4, -0.2) is 54.9 Å². The number of amides is 1. The second kappa shape index (κ2) is 6.95. The maximum atomic E-state index is 12.3. The highest BCUT2D eigenvalue weighted by atomic mass is 32.2. The number of piperidine rings is 1. The number of nitrogens with one attached hydrogen (secondary N) is 1. The van der Waals surface area contributed by atoms with Crippen LogP contribution in [0.25, 0.3) is 0 Å². The van der Waals surface area contributed by atoms with Crippen molar-refractivity contribution in [3.05, 3.63) is 28.4 Å². The Kier molecular flexibility index (Phi) is 4.89. The molecule has 3 rings (SSSR count). The van der Waals surface area contributed by atoms with Crippen LogP contribution in [0.3, 0.4) is 0 Å². The molecule has 0 bridgehead atoms. The molecule has 25 heavy (non-hydrogen) atoms. The number of hydrogen-bond acceptors (Lipinski definition) is 7. The lowest BCUT2D eigenvalue weighted by molar-refractivity contribution is -0.385. The van der Waals surface area contributed by atoms with Crippen LogP contribution in [0.5, 0.6) is 0 Å². The molecule has 9 nitrogen and oxygen atoms in total. The molecule has 1 aromatic heterocycles. The molecular formula is C15H20N4O5S. The monoisotopic (exact) mass is 368 g/mol. The van der Waals surface area contributed by atoms with Gasteiger partial charge in [-0.2, -0.15) is 0 Å². The summed E-state index contributed by atoms with van der Waals surface area (Å²) in [5.41, 5.74) is -0.0514. The SMILES string of the molecule is O=C(N[C@@H]1CCS(=O)(=O)C1)C1CCN(c2ccc([N+](=O)[O-])cn2)CC1. The topological polar surface area (TPSA) is 123 Å². The number of nitrogens with zero attached hydrogens (tertiary/aromatic N) is 3. The third-order valence-electron chi connectivity index (χ3n) is 4.71. The van der Waals surface area contributed by atoms with Crippen LogP contribution >= 0.6 is 0 Å². The van der Waals surface area contributed by atoms with Gasteiger partial charge in [-0.05, 0) is 25.3 Å². The summed E-state index contributed by atoms with van der Waals surface area (Å²) in [5.74, 6) is 0.606.